The van der Waals surface area contributed by atoms with Gasteiger partial charge in [0.2, 0.25) is 5.91 Å². The summed E-state index contributed by atoms with van der Waals surface area (Å²) < 4.78 is 38.2. The lowest BCUT2D eigenvalue weighted by Crippen LogP contribution is -2.31. The van der Waals surface area contributed by atoms with E-state index in [0.717, 1.165) is 0 Å². The molecule has 0 aliphatic carbocycles. The summed E-state index contributed by atoms with van der Waals surface area (Å²) >= 11 is 5.67. The van der Waals surface area contributed by atoms with Crippen molar-refractivity contribution in [1.82, 2.24) is 0 Å². The number of hydrogen-bond acceptors (Lipinski definition) is 1. The third-order valence-electron chi connectivity index (χ3n) is 2.76. The number of hydrogen-bond donors (Lipinski definition) is 1. The zero-order valence-corrected chi connectivity index (χ0v) is 11.3. The van der Waals surface area contributed by atoms with E-state index >= 15 is 0 Å². The minimum Gasteiger partial charge on any atom is -0.326 e. The van der Waals surface area contributed by atoms with Crippen LogP contribution in [0.4, 0.5) is 18.9 Å². The van der Waals surface area contributed by atoms with Gasteiger partial charge in [-0.1, -0.05) is 25.4 Å². The van der Waals surface area contributed by atoms with Crippen molar-refractivity contribution in [3.63, 3.8) is 0 Å². The second-order valence-corrected chi connectivity index (χ2v) is 5.09. The summed E-state index contributed by atoms with van der Waals surface area (Å²) in [5.74, 6) is -2.94. The molecule has 0 fully saturated rings. The summed E-state index contributed by atoms with van der Waals surface area (Å²) in [4.78, 5) is 11.6. The molecule has 19 heavy (non-hydrogen) atoms. The standard InChI is InChI=1S/C13H15ClF3NO/c1-8(2)11(13(15,16)17)7-12(19)18-10-5-3-9(14)4-6-10/h3-6,8,11H,7H2,1-2H3,(H,18,19). The molecule has 0 bridgehead atoms. The third-order valence-corrected chi connectivity index (χ3v) is 3.01. The highest BCUT2D eigenvalue weighted by molar-refractivity contribution is 6.30. The van der Waals surface area contributed by atoms with Crippen molar-refractivity contribution in [3.05, 3.63) is 29.3 Å². The number of amides is 1. The molecular weight excluding hydrogens is 279 g/mol. The maximum atomic E-state index is 12.7. The van der Waals surface area contributed by atoms with E-state index in [9.17, 15) is 18.0 Å². The predicted octanol–water partition coefficient (Wildman–Crippen LogP) is 4.50. The molecular formula is C13H15ClF3NO. The molecule has 1 aromatic rings. The molecule has 0 spiro atoms. The maximum absolute atomic E-state index is 12.7. The molecule has 0 aliphatic rings. The largest absolute Gasteiger partial charge is 0.392 e. The van der Waals surface area contributed by atoms with Crippen molar-refractivity contribution >= 4 is 23.2 Å². The summed E-state index contributed by atoms with van der Waals surface area (Å²) in [6.07, 6.45) is -4.95. The Morgan fingerprint density at radius 2 is 1.79 bits per heavy atom. The van der Waals surface area contributed by atoms with E-state index in [0.29, 0.717) is 10.7 Å². The fourth-order valence-electron chi connectivity index (χ4n) is 1.67. The number of halogens is 4. The van der Waals surface area contributed by atoms with E-state index in [1.807, 2.05) is 0 Å². The lowest BCUT2D eigenvalue weighted by molar-refractivity contribution is -0.188. The van der Waals surface area contributed by atoms with Crippen LogP contribution in [-0.4, -0.2) is 12.1 Å². The van der Waals surface area contributed by atoms with Crippen molar-refractivity contribution in [3.8, 4) is 0 Å². The molecule has 0 saturated carbocycles. The predicted molar refractivity (Wildman–Crippen MR) is 69.1 cm³/mol. The average Bonchev–Trinajstić information content (AvgIpc) is 2.27. The zero-order chi connectivity index (χ0) is 14.6. The van der Waals surface area contributed by atoms with Gasteiger partial charge in [0.25, 0.3) is 0 Å². The molecule has 6 heteroatoms. The van der Waals surface area contributed by atoms with Gasteiger partial charge >= 0.3 is 6.18 Å². The Kier molecular flexibility index (Phi) is 5.23. The molecule has 1 amide bonds. The van der Waals surface area contributed by atoms with E-state index in [4.69, 9.17) is 11.6 Å². The van der Waals surface area contributed by atoms with Gasteiger partial charge in [0.1, 0.15) is 0 Å². The number of carbonyl (C=O) groups is 1. The first kappa shape index (κ1) is 15.8. The van der Waals surface area contributed by atoms with Crippen LogP contribution in [0, 0.1) is 11.8 Å². The highest BCUT2D eigenvalue weighted by Crippen LogP contribution is 2.34. The molecule has 1 rings (SSSR count). The van der Waals surface area contributed by atoms with Gasteiger partial charge < -0.3 is 5.32 Å². The quantitative estimate of drug-likeness (QED) is 0.870. The van der Waals surface area contributed by atoms with Gasteiger partial charge in [-0.15, -0.1) is 0 Å². The third kappa shape index (κ3) is 5.11. The lowest BCUT2D eigenvalue weighted by atomic mass is 9.91. The zero-order valence-electron chi connectivity index (χ0n) is 10.6. The number of anilines is 1. The van der Waals surface area contributed by atoms with E-state index in [2.05, 4.69) is 5.32 Å². The number of benzene rings is 1. The van der Waals surface area contributed by atoms with Crippen LogP contribution in [0.25, 0.3) is 0 Å². The summed E-state index contributed by atoms with van der Waals surface area (Å²) in [5, 5.41) is 2.92. The minimum atomic E-state index is -4.37. The van der Waals surface area contributed by atoms with Crippen LogP contribution in [0.2, 0.25) is 5.02 Å². The number of nitrogens with one attached hydrogen (secondary N) is 1. The Labute approximate surface area is 114 Å². The average molecular weight is 294 g/mol. The van der Waals surface area contributed by atoms with Crippen LogP contribution in [0.5, 0.6) is 0 Å². The smallest absolute Gasteiger partial charge is 0.326 e. The molecule has 1 aromatic carbocycles. The highest BCUT2D eigenvalue weighted by Gasteiger charge is 2.42. The van der Waals surface area contributed by atoms with Gasteiger partial charge in [-0.25, -0.2) is 0 Å². The molecule has 0 heterocycles. The summed E-state index contributed by atoms with van der Waals surface area (Å²) in [7, 11) is 0. The Balaban J connectivity index is 2.66. The number of alkyl halides is 3. The Bertz CT molecular complexity index is 429. The van der Waals surface area contributed by atoms with Crippen LogP contribution in [0.1, 0.15) is 20.3 Å². The Hall–Kier alpha value is -1.23. The maximum Gasteiger partial charge on any atom is 0.392 e. The van der Waals surface area contributed by atoms with Crippen molar-refractivity contribution in [2.24, 2.45) is 11.8 Å². The van der Waals surface area contributed by atoms with Crippen LogP contribution >= 0.6 is 11.6 Å². The second-order valence-electron chi connectivity index (χ2n) is 4.65. The molecule has 0 saturated heterocycles. The van der Waals surface area contributed by atoms with Crippen LogP contribution in [0.15, 0.2) is 24.3 Å². The molecule has 0 aliphatic heterocycles. The van der Waals surface area contributed by atoms with E-state index in [1.165, 1.54) is 26.0 Å². The van der Waals surface area contributed by atoms with Crippen molar-refractivity contribution in [2.45, 2.75) is 26.4 Å². The molecule has 0 radical (unpaired) electrons. The van der Waals surface area contributed by atoms with Gasteiger partial charge in [0.05, 0.1) is 5.92 Å². The van der Waals surface area contributed by atoms with Gasteiger partial charge in [0.15, 0.2) is 0 Å². The summed E-state index contributed by atoms with van der Waals surface area (Å²) in [6.45, 7) is 2.90. The molecule has 2 nitrogen and oxygen atoms in total. The van der Waals surface area contributed by atoms with Crippen LogP contribution in [0.3, 0.4) is 0 Å². The lowest BCUT2D eigenvalue weighted by Gasteiger charge is -2.23. The first-order valence-corrected chi connectivity index (χ1v) is 6.20. The first-order valence-electron chi connectivity index (χ1n) is 5.82. The molecule has 0 aromatic heterocycles. The van der Waals surface area contributed by atoms with E-state index < -0.39 is 30.3 Å². The highest BCUT2D eigenvalue weighted by atomic mass is 35.5. The van der Waals surface area contributed by atoms with E-state index in [1.54, 1.807) is 12.1 Å². The fraction of sp³-hybridized carbons (Fsp3) is 0.462. The molecule has 1 unspecified atom stereocenters. The Morgan fingerprint density at radius 3 is 2.21 bits per heavy atom. The van der Waals surface area contributed by atoms with Gasteiger partial charge in [-0.2, -0.15) is 13.2 Å². The van der Waals surface area contributed by atoms with Crippen LogP contribution < -0.4 is 5.32 Å². The normalized spacial score (nSPS) is 13.4. The first-order chi connectivity index (χ1) is 8.70. The van der Waals surface area contributed by atoms with Crippen LogP contribution in [-0.2, 0) is 4.79 Å². The van der Waals surface area contributed by atoms with Crippen molar-refractivity contribution in [2.75, 3.05) is 5.32 Å². The second kappa shape index (κ2) is 6.28. The number of rotatable bonds is 4. The number of carbonyl (C=O) groups excluding carboxylic acids is 1. The molecule has 1 atom stereocenters. The Morgan fingerprint density at radius 1 is 1.26 bits per heavy atom. The van der Waals surface area contributed by atoms with Gasteiger partial charge in [0, 0.05) is 17.1 Å². The summed E-state index contributed by atoms with van der Waals surface area (Å²) in [5.41, 5.74) is 0.430. The van der Waals surface area contributed by atoms with Gasteiger partial charge in [-0.3, -0.25) is 4.79 Å². The minimum absolute atomic E-state index is 0.430. The van der Waals surface area contributed by atoms with E-state index in [-0.39, 0.29) is 0 Å². The molecule has 106 valence electrons. The van der Waals surface area contributed by atoms with Gasteiger partial charge in [-0.05, 0) is 30.2 Å². The van der Waals surface area contributed by atoms with Crippen molar-refractivity contribution < 1.29 is 18.0 Å². The molecule has 1 N–H and O–H groups in total. The SMILES string of the molecule is CC(C)C(CC(=O)Nc1ccc(Cl)cc1)C(F)(F)F. The summed E-state index contributed by atoms with van der Waals surface area (Å²) in [6, 6.07) is 6.19. The topological polar surface area (TPSA) is 29.1 Å². The monoisotopic (exact) mass is 293 g/mol. The fourth-order valence-corrected chi connectivity index (χ4v) is 1.80. The van der Waals surface area contributed by atoms with Crippen molar-refractivity contribution in [1.29, 1.82) is 0 Å².